The van der Waals surface area contributed by atoms with Gasteiger partial charge < -0.3 is 9.64 Å². The Morgan fingerprint density at radius 2 is 2.12 bits per heavy atom. The van der Waals surface area contributed by atoms with Crippen molar-refractivity contribution >= 4 is 17.6 Å². The molecular weight excluding hydrogens is 238 g/mol. The van der Waals surface area contributed by atoms with Gasteiger partial charge in [-0.15, -0.1) is 0 Å². The van der Waals surface area contributed by atoms with E-state index in [4.69, 9.17) is 4.74 Å². The van der Waals surface area contributed by atoms with Crippen LogP contribution in [0.3, 0.4) is 0 Å². The van der Waals surface area contributed by atoms with Gasteiger partial charge in [0.2, 0.25) is 5.91 Å². The van der Waals surface area contributed by atoms with Gasteiger partial charge in [0.1, 0.15) is 11.0 Å². The summed E-state index contributed by atoms with van der Waals surface area (Å²) in [5, 5.41) is -0.395. The lowest BCUT2D eigenvalue weighted by Crippen LogP contribution is -2.28. The highest BCUT2D eigenvalue weighted by atomic mass is 32.1. The maximum Gasteiger partial charge on any atom is 0.242 e. The molecule has 0 spiro atoms. The van der Waals surface area contributed by atoms with Crippen molar-refractivity contribution in [3.63, 3.8) is 0 Å². The highest BCUT2D eigenvalue weighted by molar-refractivity contribution is 7.67. The number of amides is 1. The van der Waals surface area contributed by atoms with Crippen molar-refractivity contribution in [2.24, 2.45) is 0 Å². The molecule has 2 rings (SSSR count). The van der Waals surface area contributed by atoms with E-state index in [0.717, 1.165) is 11.3 Å². The molecule has 0 aromatic heterocycles. The van der Waals surface area contributed by atoms with Gasteiger partial charge in [-0.2, -0.15) is 0 Å². The third kappa shape index (κ3) is 2.61. The number of ether oxygens (including phenoxy) is 1. The third-order valence-corrected chi connectivity index (χ3v) is 3.57. The summed E-state index contributed by atoms with van der Waals surface area (Å²) in [6.45, 7) is 1.24. The van der Waals surface area contributed by atoms with Crippen molar-refractivity contribution in [3.05, 3.63) is 29.8 Å². The van der Waals surface area contributed by atoms with E-state index in [-0.39, 0.29) is 5.91 Å². The van der Waals surface area contributed by atoms with Crippen molar-refractivity contribution in [3.8, 4) is 5.75 Å². The van der Waals surface area contributed by atoms with Crippen LogP contribution in [0.25, 0.3) is 0 Å². The molecule has 0 saturated carbocycles. The number of methoxy groups -OCH3 is 1. The van der Waals surface area contributed by atoms with E-state index in [2.05, 4.69) is 0 Å². The number of likely N-dealkylation sites (tertiary alicyclic amines) is 1. The zero-order valence-corrected chi connectivity index (χ0v) is 10.4. The number of nitrogens with zero attached hydrogens (tertiary/aromatic N) is 1. The molecule has 17 heavy (non-hydrogen) atoms. The van der Waals surface area contributed by atoms with Crippen molar-refractivity contribution < 1.29 is 13.7 Å². The first-order chi connectivity index (χ1) is 8.24. The van der Waals surface area contributed by atoms with Crippen LogP contribution in [-0.4, -0.2) is 33.9 Å². The summed E-state index contributed by atoms with van der Waals surface area (Å²) < 4.78 is 15.7. The fourth-order valence-corrected chi connectivity index (χ4v) is 2.34. The second kappa shape index (κ2) is 5.23. The number of rotatable bonds is 4. The van der Waals surface area contributed by atoms with Crippen LogP contribution >= 0.6 is 0 Å². The quantitative estimate of drug-likeness (QED) is 0.803. The van der Waals surface area contributed by atoms with E-state index in [0.29, 0.717) is 31.2 Å². The number of benzene rings is 1. The van der Waals surface area contributed by atoms with Crippen molar-refractivity contribution in [2.75, 3.05) is 13.7 Å². The smallest absolute Gasteiger partial charge is 0.242 e. The van der Waals surface area contributed by atoms with Crippen LogP contribution in [0.4, 0.5) is 0 Å². The van der Waals surface area contributed by atoms with E-state index >= 15 is 0 Å². The van der Waals surface area contributed by atoms with Crippen LogP contribution in [0.15, 0.2) is 24.3 Å². The summed E-state index contributed by atoms with van der Waals surface area (Å²) in [7, 11) is 1.62. The molecule has 1 aliphatic heterocycles. The summed E-state index contributed by atoms with van der Waals surface area (Å²) in [6, 6.07) is 7.61. The second-order valence-electron chi connectivity index (χ2n) is 3.98. The highest BCUT2D eigenvalue weighted by Gasteiger charge is 2.31. The molecule has 1 radical (unpaired) electrons. The first-order valence-electron chi connectivity index (χ1n) is 5.45. The SMILES string of the molecule is COc1ccc(CN2CCC([S]=O)C2=O)cc1. The lowest BCUT2D eigenvalue weighted by molar-refractivity contribution is -0.127. The van der Waals surface area contributed by atoms with Crippen molar-refractivity contribution in [2.45, 2.75) is 18.2 Å². The van der Waals surface area contributed by atoms with Crippen LogP contribution in [-0.2, 0) is 23.0 Å². The van der Waals surface area contributed by atoms with Crippen LogP contribution in [0.5, 0.6) is 5.75 Å². The first-order valence-corrected chi connectivity index (χ1v) is 6.25. The van der Waals surface area contributed by atoms with E-state index in [9.17, 15) is 9.00 Å². The molecule has 1 unspecified atom stereocenters. The topological polar surface area (TPSA) is 46.6 Å². The Kier molecular flexibility index (Phi) is 3.68. The lowest BCUT2D eigenvalue weighted by atomic mass is 10.2. The molecule has 1 atom stereocenters. The number of carbonyl (C=O) groups excluding carboxylic acids is 1. The summed E-state index contributed by atoms with van der Waals surface area (Å²) in [4.78, 5) is 13.5. The Balaban J connectivity index is 2.01. The maximum atomic E-state index is 11.7. The number of hydrogen-bond acceptors (Lipinski definition) is 3. The van der Waals surface area contributed by atoms with E-state index < -0.39 is 5.25 Å². The fourth-order valence-electron chi connectivity index (χ4n) is 1.91. The summed E-state index contributed by atoms with van der Waals surface area (Å²) >= 11 is 0.400. The molecule has 0 N–H and O–H groups in total. The molecule has 1 saturated heterocycles. The van der Waals surface area contributed by atoms with Crippen molar-refractivity contribution in [1.82, 2.24) is 4.90 Å². The predicted molar refractivity (Wildman–Crippen MR) is 65.0 cm³/mol. The average Bonchev–Trinajstić information content (AvgIpc) is 2.71. The summed E-state index contributed by atoms with van der Waals surface area (Å²) in [6.07, 6.45) is 0.656. The van der Waals surface area contributed by atoms with Crippen LogP contribution in [0, 0.1) is 0 Å². The number of carbonyl (C=O) groups is 1. The molecule has 1 heterocycles. The molecule has 0 bridgehead atoms. The van der Waals surface area contributed by atoms with Crippen molar-refractivity contribution in [1.29, 1.82) is 0 Å². The molecule has 4 nitrogen and oxygen atoms in total. The Hall–Kier alpha value is -1.49. The summed E-state index contributed by atoms with van der Waals surface area (Å²) in [5.74, 6) is 0.760. The first kappa shape index (κ1) is 12.0. The Labute approximate surface area is 104 Å². The summed E-state index contributed by atoms with van der Waals surface area (Å²) in [5.41, 5.74) is 1.05. The van der Waals surface area contributed by atoms with Gasteiger partial charge in [0.15, 0.2) is 0 Å². The zero-order chi connectivity index (χ0) is 12.3. The van der Waals surface area contributed by atoms with Gasteiger partial charge in [0.05, 0.1) is 18.8 Å². The second-order valence-corrected chi connectivity index (χ2v) is 4.74. The Morgan fingerprint density at radius 3 is 2.65 bits per heavy atom. The third-order valence-electron chi connectivity index (χ3n) is 2.90. The van der Waals surface area contributed by atoms with E-state index in [1.165, 1.54) is 0 Å². The standard InChI is InChI=1S/C12H14NO3S/c1-16-10-4-2-9(3-5-10)8-13-7-6-11(17-15)12(13)14/h2-5,11H,6-8H2,1H3. The van der Waals surface area contributed by atoms with Gasteiger partial charge in [-0.3, -0.25) is 4.79 Å². The van der Waals surface area contributed by atoms with Gasteiger partial charge in [-0.1, -0.05) is 12.1 Å². The zero-order valence-electron chi connectivity index (χ0n) is 9.59. The van der Waals surface area contributed by atoms with Gasteiger partial charge in [0, 0.05) is 13.1 Å². The molecule has 1 aromatic carbocycles. The molecule has 1 aromatic rings. The van der Waals surface area contributed by atoms with Crippen LogP contribution in [0.2, 0.25) is 0 Å². The molecule has 1 amide bonds. The molecular formula is C12H14NO3S. The lowest BCUT2D eigenvalue weighted by Gasteiger charge is -2.15. The fraction of sp³-hybridized carbons (Fsp3) is 0.417. The van der Waals surface area contributed by atoms with E-state index in [1.54, 1.807) is 12.0 Å². The minimum Gasteiger partial charge on any atom is -0.497 e. The highest BCUT2D eigenvalue weighted by Crippen LogP contribution is 2.18. The minimum atomic E-state index is -0.395. The van der Waals surface area contributed by atoms with Crippen LogP contribution in [0.1, 0.15) is 12.0 Å². The predicted octanol–water partition coefficient (Wildman–Crippen LogP) is 1.01. The largest absolute Gasteiger partial charge is 0.497 e. The van der Waals surface area contributed by atoms with Crippen LogP contribution < -0.4 is 4.74 Å². The van der Waals surface area contributed by atoms with Gasteiger partial charge in [-0.25, -0.2) is 4.21 Å². The molecule has 91 valence electrons. The maximum absolute atomic E-state index is 11.7. The van der Waals surface area contributed by atoms with E-state index in [1.807, 2.05) is 24.3 Å². The number of hydrogen-bond donors (Lipinski definition) is 0. The average molecular weight is 252 g/mol. The minimum absolute atomic E-state index is 0.0409. The molecule has 5 heteroatoms. The van der Waals surface area contributed by atoms with Gasteiger partial charge >= 0.3 is 0 Å². The Bertz CT molecular complexity index is 418. The molecule has 1 fully saturated rings. The molecule has 0 aliphatic carbocycles. The molecule has 1 aliphatic rings. The monoisotopic (exact) mass is 252 g/mol. The van der Waals surface area contributed by atoms with Gasteiger partial charge in [-0.05, 0) is 24.1 Å². The normalized spacial score (nSPS) is 19.5. The van der Waals surface area contributed by atoms with Gasteiger partial charge in [0.25, 0.3) is 0 Å². The Morgan fingerprint density at radius 1 is 1.41 bits per heavy atom.